The van der Waals surface area contributed by atoms with Crippen molar-refractivity contribution in [1.82, 2.24) is 10.4 Å². The minimum absolute atomic E-state index is 0.222. The lowest BCUT2D eigenvalue weighted by Gasteiger charge is -2.15. The highest BCUT2D eigenvalue weighted by Gasteiger charge is 2.18. The second-order valence-electron chi connectivity index (χ2n) is 4.92. The normalized spacial score (nSPS) is 11.8. The number of hydrogen-bond acceptors (Lipinski definition) is 6. The Kier molecular flexibility index (Phi) is 6.05. The van der Waals surface area contributed by atoms with Crippen LogP contribution in [0, 0.1) is 0 Å². The molecule has 1 heterocycles. The summed E-state index contributed by atoms with van der Waals surface area (Å²) >= 11 is 0. The number of nitrogens with zero attached hydrogens (tertiary/aromatic N) is 2. The SMILES string of the molecule is COc1cccc(C=NNC(=O)c2cccnc2)c1OC(C)C(=O)O. The summed E-state index contributed by atoms with van der Waals surface area (Å²) in [6, 6.07) is 8.23. The molecule has 0 spiro atoms. The lowest BCUT2D eigenvalue weighted by Crippen LogP contribution is -2.24. The molecule has 25 heavy (non-hydrogen) atoms. The van der Waals surface area contributed by atoms with Crippen LogP contribution in [-0.4, -0.2) is 41.4 Å². The number of hydrogen-bond donors (Lipinski definition) is 2. The summed E-state index contributed by atoms with van der Waals surface area (Å²) in [5.41, 5.74) is 3.19. The Morgan fingerprint density at radius 2 is 2.12 bits per heavy atom. The molecule has 1 amide bonds. The van der Waals surface area contributed by atoms with E-state index in [0.717, 1.165) is 0 Å². The molecule has 8 heteroatoms. The van der Waals surface area contributed by atoms with Gasteiger partial charge in [0.2, 0.25) is 0 Å². The van der Waals surface area contributed by atoms with Crippen molar-refractivity contribution < 1.29 is 24.2 Å². The number of methoxy groups -OCH3 is 1. The van der Waals surface area contributed by atoms with Crippen LogP contribution in [0.5, 0.6) is 11.5 Å². The molecule has 0 aliphatic rings. The van der Waals surface area contributed by atoms with Crippen molar-refractivity contribution in [3.05, 3.63) is 53.9 Å². The summed E-state index contributed by atoms with van der Waals surface area (Å²) in [7, 11) is 1.44. The van der Waals surface area contributed by atoms with Crippen LogP contribution in [0.1, 0.15) is 22.8 Å². The highest BCUT2D eigenvalue weighted by atomic mass is 16.5. The molecule has 0 saturated heterocycles. The molecule has 0 aliphatic carbocycles. The first-order valence-electron chi connectivity index (χ1n) is 7.32. The molecule has 2 aromatic rings. The molecule has 0 fully saturated rings. The van der Waals surface area contributed by atoms with Crippen LogP contribution in [-0.2, 0) is 4.79 Å². The number of carbonyl (C=O) groups is 2. The third kappa shape index (κ3) is 4.77. The number of benzene rings is 1. The molecule has 1 aromatic carbocycles. The van der Waals surface area contributed by atoms with Gasteiger partial charge in [0.15, 0.2) is 17.6 Å². The van der Waals surface area contributed by atoms with Gasteiger partial charge in [0.1, 0.15) is 0 Å². The van der Waals surface area contributed by atoms with E-state index in [1.165, 1.54) is 26.4 Å². The Labute approximate surface area is 144 Å². The number of aromatic nitrogens is 1. The molecule has 0 aliphatic heterocycles. The Morgan fingerprint density at radius 1 is 1.32 bits per heavy atom. The predicted molar refractivity (Wildman–Crippen MR) is 90.0 cm³/mol. The molecular weight excluding hydrogens is 326 g/mol. The summed E-state index contributed by atoms with van der Waals surface area (Å²) in [4.78, 5) is 26.8. The van der Waals surface area contributed by atoms with Gasteiger partial charge in [0.05, 0.1) is 18.9 Å². The average molecular weight is 343 g/mol. The Morgan fingerprint density at radius 3 is 2.76 bits per heavy atom. The summed E-state index contributed by atoms with van der Waals surface area (Å²) in [6.45, 7) is 1.40. The van der Waals surface area contributed by atoms with Gasteiger partial charge < -0.3 is 14.6 Å². The van der Waals surface area contributed by atoms with Gasteiger partial charge in [-0.05, 0) is 31.2 Å². The number of aliphatic carboxylic acids is 1. The fourth-order valence-electron chi connectivity index (χ4n) is 1.87. The minimum atomic E-state index is -1.11. The molecule has 1 unspecified atom stereocenters. The molecule has 2 rings (SSSR count). The largest absolute Gasteiger partial charge is 0.493 e. The van der Waals surface area contributed by atoms with Gasteiger partial charge in [-0.3, -0.25) is 9.78 Å². The van der Waals surface area contributed by atoms with Gasteiger partial charge in [0.25, 0.3) is 5.91 Å². The molecule has 8 nitrogen and oxygen atoms in total. The van der Waals surface area contributed by atoms with Crippen molar-refractivity contribution in [3.63, 3.8) is 0 Å². The first-order valence-corrected chi connectivity index (χ1v) is 7.32. The Bertz CT molecular complexity index is 777. The molecule has 0 bridgehead atoms. The number of pyridine rings is 1. The van der Waals surface area contributed by atoms with E-state index in [0.29, 0.717) is 16.9 Å². The topological polar surface area (TPSA) is 110 Å². The Balaban J connectivity index is 2.18. The maximum Gasteiger partial charge on any atom is 0.344 e. The minimum Gasteiger partial charge on any atom is -0.493 e. The lowest BCUT2D eigenvalue weighted by molar-refractivity contribution is -0.144. The van der Waals surface area contributed by atoms with Crippen LogP contribution >= 0.6 is 0 Å². The summed E-state index contributed by atoms with van der Waals surface area (Å²) in [5, 5.41) is 12.9. The number of carboxylic acid groups (broad SMARTS) is 1. The van der Waals surface area contributed by atoms with Gasteiger partial charge in [-0.15, -0.1) is 0 Å². The molecule has 0 saturated carbocycles. The highest BCUT2D eigenvalue weighted by molar-refractivity contribution is 5.95. The fourth-order valence-corrected chi connectivity index (χ4v) is 1.87. The van der Waals surface area contributed by atoms with Crippen LogP contribution < -0.4 is 14.9 Å². The number of amides is 1. The number of para-hydroxylation sites is 1. The van der Waals surface area contributed by atoms with E-state index in [-0.39, 0.29) is 5.75 Å². The zero-order valence-electron chi connectivity index (χ0n) is 13.7. The quantitative estimate of drug-likeness (QED) is 0.585. The monoisotopic (exact) mass is 343 g/mol. The van der Waals surface area contributed by atoms with Gasteiger partial charge in [-0.1, -0.05) is 6.07 Å². The summed E-state index contributed by atoms with van der Waals surface area (Å²) in [6.07, 6.45) is 3.25. The van der Waals surface area contributed by atoms with E-state index in [2.05, 4.69) is 15.5 Å². The Hall–Kier alpha value is -3.42. The number of rotatable bonds is 7. The second kappa shape index (κ2) is 8.44. The summed E-state index contributed by atoms with van der Waals surface area (Å²) < 4.78 is 10.6. The zero-order chi connectivity index (χ0) is 18.2. The van der Waals surface area contributed by atoms with Crippen LogP contribution in [0.3, 0.4) is 0 Å². The average Bonchev–Trinajstić information content (AvgIpc) is 2.63. The lowest BCUT2D eigenvalue weighted by atomic mass is 10.2. The van der Waals surface area contributed by atoms with Crippen molar-refractivity contribution in [3.8, 4) is 11.5 Å². The van der Waals surface area contributed by atoms with Gasteiger partial charge >= 0.3 is 5.97 Å². The van der Waals surface area contributed by atoms with Crippen LogP contribution in [0.2, 0.25) is 0 Å². The third-order valence-electron chi connectivity index (χ3n) is 3.17. The van der Waals surface area contributed by atoms with Crippen molar-refractivity contribution in [2.45, 2.75) is 13.0 Å². The first kappa shape index (κ1) is 17.9. The van der Waals surface area contributed by atoms with E-state index in [1.807, 2.05) is 0 Å². The van der Waals surface area contributed by atoms with E-state index in [4.69, 9.17) is 14.6 Å². The number of hydrazone groups is 1. The molecule has 1 aromatic heterocycles. The van der Waals surface area contributed by atoms with E-state index >= 15 is 0 Å². The highest BCUT2D eigenvalue weighted by Crippen LogP contribution is 2.31. The van der Waals surface area contributed by atoms with Gasteiger partial charge in [0, 0.05) is 18.0 Å². The van der Waals surface area contributed by atoms with E-state index in [1.54, 1.807) is 36.5 Å². The van der Waals surface area contributed by atoms with Crippen LogP contribution in [0.4, 0.5) is 0 Å². The van der Waals surface area contributed by atoms with Crippen LogP contribution in [0.25, 0.3) is 0 Å². The van der Waals surface area contributed by atoms with Crippen molar-refractivity contribution in [2.75, 3.05) is 7.11 Å². The predicted octanol–water partition coefficient (Wildman–Crippen LogP) is 1.71. The van der Waals surface area contributed by atoms with E-state index < -0.39 is 18.0 Å². The van der Waals surface area contributed by atoms with E-state index in [9.17, 15) is 9.59 Å². The van der Waals surface area contributed by atoms with Crippen LogP contribution in [0.15, 0.2) is 47.8 Å². The van der Waals surface area contributed by atoms with Gasteiger partial charge in [-0.25, -0.2) is 10.2 Å². The van der Waals surface area contributed by atoms with Crippen molar-refractivity contribution in [1.29, 1.82) is 0 Å². The van der Waals surface area contributed by atoms with Gasteiger partial charge in [-0.2, -0.15) is 5.10 Å². The standard InChI is InChI=1S/C17H17N3O5/c1-11(17(22)23)25-15-12(5-3-7-14(15)24-2)10-19-20-16(21)13-6-4-8-18-9-13/h3-11H,1-2H3,(H,20,21)(H,22,23). The summed E-state index contributed by atoms with van der Waals surface area (Å²) in [5.74, 6) is -0.956. The fraction of sp³-hybridized carbons (Fsp3) is 0.176. The molecule has 2 N–H and O–H groups in total. The smallest absolute Gasteiger partial charge is 0.344 e. The maximum atomic E-state index is 11.9. The third-order valence-corrected chi connectivity index (χ3v) is 3.17. The van der Waals surface area contributed by atoms with Crippen molar-refractivity contribution in [2.24, 2.45) is 5.10 Å². The zero-order valence-corrected chi connectivity index (χ0v) is 13.7. The molecule has 130 valence electrons. The second-order valence-corrected chi connectivity index (χ2v) is 4.92. The molecule has 0 radical (unpaired) electrons. The number of ether oxygens (including phenoxy) is 2. The number of carboxylic acids is 1. The molecular formula is C17H17N3O5. The maximum absolute atomic E-state index is 11.9. The first-order chi connectivity index (χ1) is 12.0. The molecule has 1 atom stereocenters. The number of carbonyl (C=O) groups excluding carboxylic acids is 1. The van der Waals surface area contributed by atoms with Crippen molar-refractivity contribution >= 4 is 18.1 Å². The number of nitrogens with one attached hydrogen (secondary N) is 1.